The van der Waals surface area contributed by atoms with Crippen LogP contribution in [0.2, 0.25) is 0 Å². The minimum absolute atomic E-state index is 1.10. The summed E-state index contributed by atoms with van der Waals surface area (Å²) < 4.78 is 0. The molecule has 1 aliphatic heterocycles. The molecule has 86 valence electrons. The van der Waals surface area contributed by atoms with Crippen molar-refractivity contribution < 1.29 is 0 Å². The standard InChI is InChI=1S/C12H19N.C2H6/c1-4-6-7-12-8-9-13(3)10-11(12)5-2;1-2/h4-7H,8-10H2,1-3H3;1-2H3/b6-4-,11-5-,12-7-;. The van der Waals surface area contributed by atoms with Crippen molar-refractivity contribution in [1.29, 1.82) is 0 Å². The third-order valence-corrected chi connectivity index (χ3v) is 2.45. The van der Waals surface area contributed by atoms with Crippen LogP contribution in [0, 0.1) is 0 Å². The molecule has 0 atom stereocenters. The van der Waals surface area contributed by atoms with Crippen molar-refractivity contribution in [3.63, 3.8) is 0 Å². The third kappa shape index (κ3) is 4.98. The van der Waals surface area contributed by atoms with Gasteiger partial charge in [-0.25, -0.2) is 0 Å². The molecule has 1 fully saturated rings. The Morgan fingerprint density at radius 2 is 1.80 bits per heavy atom. The highest BCUT2D eigenvalue weighted by Gasteiger charge is 2.13. The predicted octanol–water partition coefficient (Wildman–Crippen LogP) is 3.80. The second kappa shape index (κ2) is 8.49. The van der Waals surface area contributed by atoms with Gasteiger partial charge in [0.05, 0.1) is 0 Å². The fourth-order valence-electron chi connectivity index (χ4n) is 1.62. The molecule has 1 heterocycles. The highest BCUT2D eigenvalue weighted by molar-refractivity contribution is 5.36. The Morgan fingerprint density at radius 1 is 1.13 bits per heavy atom. The molecule has 1 saturated heterocycles. The van der Waals surface area contributed by atoms with Crippen LogP contribution in [-0.4, -0.2) is 25.0 Å². The molecule has 0 bridgehead atoms. The van der Waals surface area contributed by atoms with E-state index in [1.54, 1.807) is 0 Å². The summed E-state index contributed by atoms with van der Waals surface area (Å²) in [7, 11) is 2.18. The Balaban J connectivity index is 0.000000921. The lowest BCUT2D eigenvalue weighted by molar-refractivity contribution is 0.348. The van der Waals surface area contributed by atoms with Gasteiger partial charge in [0.2, 0.25) is 0 Å². The van der Waals surface area contributed by atoms with Crippen LogP contribution in [0.1, 0.15) is 34.1 Å². The van der Waals surface area contributed by atoms with Crippen molar-refractivity contribution >= 4 is 0 Å². The molecule has 0 saturated carbocycles. The number of piperidine rings is 1. The van der Waals surface area contributed by atoms with Gasteiger partial charge in [0.15, 0.2) is 0 Å². The summed E-state index contributed by atoms with van der Waals surface area (Å²) in [4.78, 5) is 2.36. The van der Waals surface area contributed by atoms with E-state index in [2.05, 4.69) is 50.1 Å². The van der Waals surface area contributed by atoms with Crippen LogP contribution < -0.4 is 0 Å². The van der Waals surface area contributed by atoms with E-state index >= 15 is 0 Å². The van der Waals surface area contributed by atoms with E-state index in [0.29, 0.717) is 0 Å². The Hall–Kier alpha value is -0.820. The van der Waals surface area contributed by atoms with Gasteiger partial charge in [0.1, 0.15) is 0 Å². The minimum Gasteiger partial charge on any atom is -0.302 e. The SMILES string of the molecule is CC.C\C=C/C=C1/CCN(C)C/C1=C/C. The number of likely N-dealkylation sites (N-methyl/N-ethyl adjacent to an activating group) is 1. The molecular formula is C14H25N. The van der Waals surface area contributed by atoms with Gasteiger partial charge in [-0.05, 0) is 38.5 Å². The molecule has 0 N–H and O–H groups in total. The number of rotatable bonds is 1. The van der Waals surface area contributed by atoms with Crippen molar-refractivity contribution in [2.75, 3.05) is 20.1 Å². The minimum atomic E-state index is 1.10. The zero-order chi connectivity index (χ0) is 11.7. The van der Waals surface area contributed by atoms with Crippen molar-refractivity contribution in [3.8, 4) is 0 Å². The maximum absolute atomic E-state index is 2.36. The summed E-state index contributed by atoms with van der Waals surface area (Å²) in [5, 5.41) is 0. The molecule has 0 aromatic carbocycles. The highest BCUT2D eigenvalue weighted by Crippen LogP contribution is 2.20. The second-order valence-corrected chi connectivity index (χ2v) is 3.52. The Bertz CT molecular complexity index is 246. The van der Waals surface area contributed by atoms with Gasteiger partial charge in [-0.15, -0.1) is 0 Å². The number of likely N-dealkylation sites (tertiary alicyclic amines) is 1. The first-order chi connectivity index (χ1) is 7.27. The molecule has 0 spiro atoms. The van der Waals surface area contributed by atoms with Gasteiger partial charge in [-0.3, -0.25) is 0 Å². The van der Waals surface area contributed by atoms with Gasteiger partial charge in [-0.2, -0.15) is 0 Å². The summed E-state index contributed by atoms with van der Waals surface area (Å²) in [6, 6.07) is 0. The summed E-state index contributed by atoms with van der Waals surface area (Å²) in [6.45, 7) is 10.5. The number of hydrogen-bond acceptors (Lipinski definition) is 1. The van der Waals surface area contributed by atoms with Crippen molar-refractivity contribution in [2.24, 2.45) is 0 Å². The molecule has 0 aliphatic carbocycles. The van der Waals surface area contributed by atoms with Crippen LogP contribution >= 0.6 is 0 Å². The zero-order valence-electron chi connectivity index (χ0n) is 10.9. The van der Waals surface area contributed by atoms with Crippen LogP contribution in [0.3, 0.4) is 0 Å². The third-order valence-electron chi connectivity index (χ3n) is 2.45. The van der Waals surface area contributed by atoms with Gasteiger partial charge in [-0.1, -0.05) is 38.2 Å². The average Bonchev–Trinajstić information content (AvgIpc) is 2.30. The van der Waals surface area contributed by atoms with Crippen molar-refractivity contribution in [3.05, 3.63) is 35.5 Å². The highest BCUT2D eigenvalue weighted by atomic mass is 15.1. The quantitative estimate of drug-likeness (QED) is 0.632. The first-order valence-corrected chi connectivity index (χ1v) is 5.94. The van der Waals surface area contributed by atoms with E-state index < -0.39 is 0 Å². The second-order valence-electron chi connectivity index (χ2n) is 3.52. The molecule has 0 amide bonds. The van der Waals surface area contributed by atoms with Crippen LogP contribution in [0.15, 0.2) is 35.5 Å². The molecule has 1 aliphatic rings. The van der Waals surface area contributed by atoms with Gasteiger partial charge < -0.3 is 4.90 Å². The van der Waals surface area contributed by atoms with Gasteiger partial charge in [0.25, 0.3) is 0 Å². The Kier molecular flexibility index (Phi) is 8.02. The largest absolute Gasteiger partial charge is 0.302 e. The first-order valence-electron chi connectivity index (χ1n) is 5.94. The molecule has 1 rings (SSSR count). The molecule has 0 unspecified atom stereocenters. The van der Waals surface area contributed by atoms with E-state index in [0.717, 1.165) is 6.54 Å². The lowest BCUT2D eigenvalue weighted by Crippen LogP contribution is -2.28. The van der Waals surface area contributed by atoms with Crippen LogP contribution in [0.4, 0.5) is 0 Å². The van der Waals surface area contributed by atoms with E-state index in [-0.39, 0.29) is 0 Å². The lowest BCUT2D eigenvalue weighted by atomic mass is 9.97. The van der Waals surface area contributed by atoms with Gasteiger partial charge >= 0.3 is 0 Å². The molecule has 0 aromatic heterocycles. The smallest absolute Gasteiger partial charge is 0.0230 e. The van der Waals surface area contributed by atoms with Crippen LogP contribution in [0.25, 0.3) is 0 Å². The summed E-state index contributed by atoms with van der Waals surface area (Å²) in [5.74, 6) is 0. The van der Waals surface area contributed by atoms with E-state index in [9.17, 15) is 0 Å². The average molecular weight is 207 g/mol. The molecular weight excluding hydrogens is 182 g/mol. The summed E-state index contributed by atoms with van der Waals surface area (Å²) >= 11 is 0. The Morgan fingerprint density at radius 3 is 2.33 bits per heavy atom. The maximum Gasteiger partial charge on any atom is 0.0230 e. The van der Waals surface area contributed by atoms with E-state index in [1.165, 1.54) is 24.1 Å². The topological polar surface area (TPSA) is 3.24 Å². The monoisotopic (exact) mass is 207 g/mol. The fraction of sp³-hybridized carbons (Fsp3) is 0.571. The Labute approximate surface area is 95.2 Å². The van der Waals surface area contributed by atoms with E-state index in [4.69, 9.17) is 0 Å². The molecule has 1 heteroatoms. The lowest BCUT2D eigenvalue weighted by Gasteiger charge is -2.26. The van der Waals surface area contributed by atoms with Gasteiger partial charge in [0, 0.05) is 13.1 Å². The zero-order valence-corrected chi connectivity index (χ0v) is 10.9. The molecule has 15 heavy (non-hydrogen) atoms. The molecule has 0 aromatic rings. The number of hydrogen-bond donors (Lipinski definition) is 0. The maximum atomic E-state index is 2.36. The first kappa shape index (κ1) is 14.2. The molecule has 1 nitrogen and oxygen atoms in total. The predicted molar refractivity (Wildman–Crippen MR) is 70.1 cm³/mol. The fourth-order valence-corrected chi connectivity index (χ4v) is 1.62. The van der Waals surface area contributed by atoms with Crippen molar-refractivity contribution in [1.82, 2.24) is 4.90 Å². The summed E-state index contributed by atoms with van der Waals surface area (Å²) in [5.41, 5.74) is 2.98. The van der Waals surface area contributed by atoms with Crippen LogP contribution in [-0.2, 0) is 0 Å². The number of allylic oxidation sites excluding steroid dienone is 4. The molecule has 0 radical (unpaired) electrons. The normalized spacial score (nSPS) is 23.3. The van der Waals surface area contributed by atoms with Crippen molar-refractivity contribution in [2.45, 2.75) is 34.1 Å². The van der Waals surface area contributed by atoms with Crippen LogP contribution in [0.5, 0.6) is 0 Å². The van der Waals surface area contributed by atoms with E-state index in [1.807, 2.05) is 13.8 Å². The summed E-state index contributed by atoms with van der Waals surface area (Å²) in [6.07, 6.45) is 9.86. The number of nitrogens with zero attached hydrogens (tertiary/aromatic N) is 1.